The summed E-state index contributed by atoms with van der Waals surface area (Å²) in [5.41, 5.74) is 1.17. The van der Waals surface area contributed by atoms with Gasteiger partial charge in [0.25, 0.3) is 11.7 Å². The zero-order valence-corrected chi connectivity index (χ0v) is 20.5. The van der Waals surface area contributed by atoms with Gasteiger partial charge in [0, 0.05) is 44.0 Å². The van der Waals surface area contributed by atoms with Crippen LogP contribution in [0, 0.1) is 0 Å². The van der Waals surface area contributed by atoms with E-state index in [-0.39, 0.29) is 24.1 Å². The highest BCUT2D eigenvalue weighted by Crippen LogP contribution is 2.47. The molecule has 3 aliphatic heterocycles. The summed E-state index contributed by atoms with van der Waals surface area (Å²) in [7, 11) is 0. The lowest BCUT2D eigenvalue weighted by molar-refractivity contribution is -0.118. The van der Waals surface area contributed by atoms with E-state index in [1.807, 2.05) is 43.3 Å². The van der Waals surface area contributed by atoms with Crippen molar-refractivity contribution in [3.63, 3.8) is 0 Å². The SMILES string of the molecule is CC12CCC(=O)N1c1ccccc1C(=O)N2CCCC(=O)Nc1ccc2c(c1)OC1(CCCCC1)O2. The summed E-state index contributed by atoms with van der Waals surface area (Å²) in [5.74, 6) is 0.656. The molecule has 6 rings (SSSR count). The number of benzene rings is 2. The second-order valence-corrected chi connectivity index (χ2v) is 10.4. The minimum atomic E-state index is -0.703. The Hall–Kier alpha value is -3.55. The maximum atomic E-state index is 13.3. The lowest BCUT2D eigenvalue weighted by Crippen LogP contribution is -2.62. The first-order valence-electron chi connectivity index (χ1n) is 12.9. The van der Waals surface area contributed by atoms with Gasteiger partial charge in [0.2, 0.25) is 11.8 Å². The number of fused-ring (bicyclic) bond motifs is 4. The van der Waals surface area contributed by atoms with Crippen LogP contribution in [0.1, 0.15) is 75.1 Å². The number of nitrogens with one attached hydrogen (secondary N) is 1. The number of hydrogen-bond donors (Lipinski definition) is 1. The Bertz CT molecular complexity index is 1240. The number of carbonyl (C=O) groups excluding carboxylic acids is 3. The van der Waals surface area contributed by atoms with Gasteiger partial charge in [0.05, 0.1) is 11.3 Å². The number of ether oxygens (including phenoxy) is 2. The van der Waals surface area contributed by atoms with Crippen LogP contribution in [0.2, 0.25) is 0 Å². The second kappa shape index (κ2) is 8.54. The maximum absolute atomic E-state index is 13.3. The molecule has 1 aliphatic carbocycles. The van der Waals surface area contributed by atoms with Gasteiger partial charge < -0.3 is 19.7 Å². The van der Waals surface area contributed by atoms with Crippen molar-refractivity contribution in [2.24, 2.45) is 0 Å². The fourth-order valence-corrected chi connectivity index (χ4v) is 6.13. The molecule has 1 atom stereocenters. The summed E-state index contributed by atoms with van der Waals surface area (Å²) in [6.07, 6.45) is 6.88. The molecule has 0 bridgehead atoms. The smallest absolute Gasteiger partial charge is 0.257 e. The molecular weight excluding hydrogens is 458 g/mol. The van der Waals surface area contributed by atoms with Gasteiger partial charge in [-0.05, 0) is 56.9 Å². The van der Waals surface area contributed by atoms with E-state index in [1.165, 1.54) is 6.42 Å². The summed E-state index contributed by atoms with van der Waals surface area (Å²) < 4.78 is 12.3. The molecule has 36 heavy (non-hydrogen) atoms. The first kappa shape index (κ1) is 22.9. The van der Waals surface area contributed by atoms with Gasteiger partial charge in [-0.25, -0.2) is 0 Å². The first-order chi connectivity index (χ1) is 17.4. The zero-order chi connectivity index (χ0) is 24.9. The van der Waals surface area contributed by atoms with Crippen molar-refractivity contribution in [2.45, 2.75) is 76.2 Å². The molecular formula is C28H31N3O5. The van der Waals surface area contributed by atoms with Gasteiger partial charge in [-0.2, -0.15) is 0 Å². The van der Waals surface area contributed by atoms with Crippen LogP contribution in [0.3, 0.4) is 0 Å². The number of nitrogens with zero attached hydrogens (tertiary/aromatic N) is 2. The zero-order valence-electron chi connectivity index (χ0n) is 20.5. The molecule has 3 amide bonds. The lowest BCUT2D eigenvalue weighted by Gasteiger charge is -2.48. The number of amides is 3. The molecule has 0 aromatic heterocycles. The monoisotopic (exact) mass is 489 g/mol. The van der Waals surface area contributed by atoms with E-state index >= 15 is 0 Å². The number of para-hydroxylation sites is 1. The molecule has 1 spiro atoms. The Kier molecular flexibility index (Phi) is 5.43. The summed E-state index contributed by atoms with van der Waals surface area (Å²) in [6, 6.07) is 12.8. The van der Waals surface area contributed by atoms with Crippen LogP contribution in [-0.4, -0.2) is 40.6 Å². The van der Waals surface area contributed by atoms with Crippen molar-refractivity contribution in [1.82, 2.24) is 4.90 Å². The first-order valence-corrected chi connectivity index (χ1v) is 12.9. The fourth-order valence-electron chi connectivity index (χ4n) is 6.13. The quantitative estimate of drug-likeness (QED) is 0.650. The molecule has 4 aliphatic rings. The van der Waals surface area contributed by atoms with Crippen LogP contribution in [0.5, 0.6) is 11.5 Å². The van der Waals surface area contributed by atoms with Gasteiger partial charge in [-0.3, -0.25) is 19.3 Å². The molecule has 8 heteroatoms. The van der Waals surface area contributed by atoms with Gasteiger partial charge in [0.1, 0.15) is 5.66 Å². The predicted octanol–water partition coefficient (Wildman–Crippen LogP) is 4.84. The van der Waals surface area contributed by atoms with Gasteiger partial charge >= 0.3 is 0 Å². The highest BCUT2D eigenvalue weighted by Gasteiger charge is 2.52. The Labute approximate surface area is 210 Å². The van der Waals surface area contributed by atoms with Crippen molar-refractivity contribution in [1.29, 1.82) is 0 Å². The van der Waals surface area contributed by atoms with Crippen molar-refractivity contribution in [3.05, 3.63) is 48.0 Å². The molecule has 1 N–H and O–H groups in total. The Morgan fingerprint density at radius 3 is 2.61 bits per heavy atom. The molecule has 1 saturated carbocycles. The third kappa shape index (κ3) is 3.70. The molecule has 2 aromatic carbocycles. The summed E-state index contributed by atoms with van der Waals surface area (Å²) in [5, 5.41) is 2.95. The van der Waals surface area contributed by atoms with Crippen molar-refractivity contribution in [3.8, 4) is 11.5 Å². The van der Waals surface area contributed by atoms with E-state index in [1.54, 1.807) is 15.9 Å². The molecule has 0 radical (unpaired) electrons. The average molecular weight is 490 g/mol. The van der Waals surface area contributed by atoms with Gasteiger partial charge in [0.15, 0.2) is 11.5 Å². The standard InChI is InChI=1S/C28H31N3O5/c1-27-16-13-25(33)31(27)21-9-4-3-8-20(21)26(34)30(27)17-7-10-24(32)29-19-11-12-22-23(18-19)36-28(35-22)14-5-2-6-15-28/h3-4,8-9,11-12,18H,2,5-7,10,13-17H2,1H3,(H,29,32). The third-order valence-corrected chi connectivity index (χ3v) is 7.97. The van der Waals surface area contributed by atoms with E-state index in [4.69, 9.17) is 9.47 Å². The Morgan fingerprint density at radius 2 is 1.78 bits per heavy atom. The third-order valence-electron chi connectivity index (χ3n) is 7.97. The van der Waals surface area contributed by atoms with E-state index in [0.29, 0.717) is 48.5 Å². The van der Waals surface area contributed by atoms with Crippen molar-refractivity contribution >= 4 is 29.1 Å². The van der Waals surface area contributed by atoms with Gasteiger partial charge in [-0.15, -0.1) is 0 Å². The molecule has 8 nitrogen and oxygen atoms in total. The number of carbonyl (C=O) groups is 3. The molecule has 188 valence electrons. The van der Waals surface area contributed by atoms with Crippen LogP contribution in [-0.2, 0) is 9.59 Å². The number of hydrogen-bond acceptors (Lipinski definition) is 5. The second-order valence-electron chi connectivity index (χ2n) is 10.4. The average Bonchev–Trinajstić information content (AvgIpc) is 3.37. The Balaban J connectivity index is 1.09. The van der Waals surface area contributed by atoms with E-state index in [9.17, 15) is 14.4 Å². The largest absolute Gasteiger partial charge is 0.448 e. The topological polar surface area (TPSA) is 88.2 Å². The van der Waals surface area contributed by atoms with E-state index in [2.05, 4.69) is 5.32 Å². The maximum Gasteiger partial charge on any atom is 0.257 e. The fraction of sp³-hybridized carbons (Fsp3) is 0.464. The van der Waals surface area contributed by atoms with Crippen molar-refractivity contribution < 1.29 is 23.9 Å². The highest BCUT2D eigenvalue weighted by molar-refractivity contribution is 6.10. The molecule has 2 fully saturated rings. The normalized spacial score (nSPS) is 23.6. The van der Waals surface area contributed by atoms with Gasteiger partial charge in [-0.1, -0.05) is 18.6 Å². The van der Waals surface area contributed by atoms with Crippen LogP contribution in [0.15, 0.2) is 42.5 Å². The van der Waals surface area contributed by atoms with Crippen LogP contribution in [0.4, 0.5) is 11.4 Å². The molecule has 1 saturated heterocycles. The number of anilines is 2. The summed E-state index contributed by atoms with van der Waals surface area (Å²) >= 11 is 0. The molecule has 3 heterocycles. The summed E-state index contributed by atoms with van der Waals surface area (Å²) in [6.45, 7) is 2.34. The van der Waals surface area contributed by atoms with Crippen LogP contribution in [0.25, 0.3) is 0 Å². The highest BCUT2D eigenvalue weighted by atomic mass is 16.7. The van der Waals surface area contributed by atoms with E-state index in [0.717, 1.165) is 31.4 Å². The van der Waals surface area contributed by atoms with Crippen LogP contribution < -0.4 is 19.7 Å². The molecule has 1 unspecified atom stereocenters. The lowest BCUT2D eigenvalue weighted by atomic mass is 9.94. The predicted molar refractivity (Wildman–Crippen MR) is 134 cm³/mol. The summed E-state index contributed by atoms with van der Waals surface area (Å²) in [4.78, 5) is 42.3. The minimum Gasteiger partial charge on any atom is -0.448 e. The van der Waals surface area contributed by atoms with E-state index < -0.39 is 11.4 Å². The Morgan fingerprint density at radius 1 is 1.00 bits per heavy atom. The van der Waals surface area contributed by atoms with Crippen molar-refractivity contribution in [2.75, 3.05) is 16.8 Å². The number of rotatable bonds is 5. The minimum absolute atomic E-state index is 0.0259. The molecule has 2 aromatic rings. The van der Waals surface area contributed by atoms with Crippen LogP contribution >= 0.6 is 0 Å².